The van der Waals surface area contributed by atoms with Crippen LogP contribution in [0, 0.1) is 0 Å². The summed E-state index contributed by atoms with van der Waals surface area (Å²) in [7, 11) is 6.02. The smallest absolute Gasteiger partial charge is 0.318 e. The quantitative estimate of drug-likeness (QED) is 0.227. The molecule has 39 heavy (non-hydrogen) atoms. The molecule has 3 aromatic carbocycles. The third kappa shape index (κ3) is 6.50. The number of nitrogens with zero attached hydrogens (tertiary/aromatic N) is 2. The topological polar surface area (TPSA) is 101 Å². The van der Waals surface area contributed by atoms with Crippen molar-refractivity contribution < 1.29 is 28.5 Å². The van der Waals surface area contributed by atoms with E-state index in [4.69, 9.17) is 35.3 Å². The Morgan fingerprint density at radius 3 is 2.15 bits per heavy atom. The Labute approximate surface area is 231 Å². The van der Waals surface area contributed by atoms with Gasteiger partial charge in [-0.2, -0.15) is 4.98 Å². The largest absolute Gasteiger partial charge is 0.495 e. The summed E-state index contributed by atoms with van der Waals surface area (Å²) in [6.07, 6.45) is 1.43. The van der Waals surface area contributed by atoms with Gasteiger partial charge in [-0.15, -0.1) is 0 Å². The van der Waals surface area contributed by atoms with Crippen LogP contribution in [0.4, 0.5) is 5.82 Å². The second kappa shape index (κ2) is 12.8. The molecule has 4 rings (SSSR count). The zero-order valence-corrected chi connectivity index (χ0v) is 22.7. The summed E-state index contributed by atoms with van der Waals surface area (Å²) in [6.45, 7) is 0.600. The average Bonchev–Trinajstić information content (AvgIpc) is 2.98. The van der Waals surface area contributed by atoms with E-state index in [0.717, 1.165) is 11.1 Å². The maximum Gasteiger partial charge on any atom is 0.318 e. The van der Waals surface area contributed by atoms with Gasteiger partial charge in [-0.1, -0.05) is 48.0 Å². The molecule has 4 aromatic rings. The molecule has 9 nitrogen and oxygen atoms in total. The monoisotopic (exact) mass is 549 g/mol. The molecule has 0 spiro atoms. The molecular weight excluding hydrogens is 522 g/mol. The SMILES string of the molecule is COc1ccc(CNc2nc(OCc3ccccc3)ncc2C(=O)c2cc(OC)c(OC)c(OC)c2)cc1Cl. The second-order valence-corrected chi connectivity index (χ2v) is 8.66. The van der Waals surface area contributed by atoms with Gasteiger partial charge in [0, 0.05) is 18.3 Å². The molecule has 0 aliphatic heterocycles. The third-order valence-electron chi connectivity index (χ3n) is 5.83. The van der Waals surface area contributed by atoms with E-state index in [1.165, 1.54) is 27.5 Å². The molecule has 202 valence electrons. The number of hydrogen-bond acceptors (Lipinski definition) is 9. The highest BCUT2D eigenvalue weighted by molar-refractivity contribution is 6.32. The standard InChI is InChI=1S/C29H28ClN3O6/c1-35-23-11-10-19(12-22(23)30)15-31-28-21(16-32-29(33-28)39-17-18-8-6-5-7-9-18)26(34)20-13-24(36-2)27(38-4)25(14-20)37-3/h5-14,16H,15,17H2,1-4H3,(H,31,32,33). The van der Waals surface area contributed by atoms with Gasteiger partial charge in [-0.3, -0.25) is 4.79 Å². The van der Waals surface area contributed by atoms with Crippen LogP contribution in [-0.2, 0) is 13.2 Å². The zero-order chi connectivity index (χ0) is 27.8. The molecule has 0 saturated carbocycles. The molecular formula is C29H28ClN3O6. The van der Waals surface area contributed by atoms with Crippen LogP contribution in [-0.4, -0.2) is 44.2 Å². The number of ether oxygens (including phenoxy) is 5. The molecule has 0 radical (unpaired) electrons. The molecule has 0 bridgehead atoms. The molecule has 1 aromatic heterocycles. The van der Waals surface area contributed by atoms with Crippen molar-refractivity contribution >= 4 is 23.2 Å². The first-order chi connectivity index (χ1) is 19.0. The summed E-state index contributed by atoms with van der Waals surface area (Å²) in [4.78, 5) is 22.5. The average molecular weight is 550 g/mol. The van der Waals surface area contributed by atoms with E-state index in [-0.39, 0.29) is 24.0 Å². The number of benzene rings is 3. The molecule has 1 N–H and O–H groups in total. The van der Waals surface area contributed by atoms with Gasteiger partial charge in [-0.25, -0.2) is 4.98 Å². The lowest BCUT2D eigenvalue weighted by Gasteiger charge is -2.15. The molecule has 0 unspecified atom stereocenters. The van der Waals surface area contributed by atoms with Crippen LogP contribution in [0.2, 0.25) is 5.02 Å². The lowest BCUT2D eigenvalue weighted by Crippen LogP contribution is -2.12. The van der Waals surface area contributed by atoms with E-state index in [2.05, 4.69) is 15.3 Å². The number of ketones is 1. The van der Waals surface area contributed by atoms with Crippen molar-refractivity contribution in [2.75, 3.05) is 33.8 Å². The van der Waals surface area contributed by atoms with Gasteiger partial charge in [0.05, 0.1) is 39.0 Å². The maximum atomic E-state index is 13.7. The number of rotatable bonds is 12. The normalized spacial score (nSPS) is 10.5. The van der Waals surface area contributed by atoms with Crippen molar-refractivity contribution in [2.45, 2.75) is 13.2 Å². The van der Waals surface area contributed by atoms with Crippen LogP contribution >= 0.6 is 11.6 Å². The van der Waals surface area contributed by atoms with Crippen LogP contribution in [0.25, 0.3) is 0 Å². The van der Waals surface area contributed by atoms with Crippen molar-refractivity contribution in [3.63, 3.8) is 0 Å². The van der Waals surface area contributed by atoms with Gasteiger partial charge in [0.2, 0.25) is 5.75 Å². The van der Waals surface area contributed by atoms with Gasteiger partial charge in [0.15, 0.2) is 17.3 Å². The predicted molar refractivity (Wildman–Crippen MR) is 148 cm³/mol. The van der Waals surface area contributed by atoms with E-state index in [1.807, 2.05) is 36.4 Å². The van der Waals surface area contributed by atoms with Crippen LogP contribution in [0.1, 0.15) is 27.0 Å². The fourth-order valence-corrected chi connectivity index (χ4v) is 4.11. The Morgan fingerprint density at radius 2 is 1.54 bits per heavy atom. The molecule has 10 heteroatoms. The maximum absolute atomic E-state index is 13.7. The number of anilines is 1. The Morgan fingerprint density at radius 1 is 0.846 bits per heavy atom. The number of carbonyl (C=O) groups is 1. The van der Waals surface area contributed by atoms with Gasteiger partial charge < -0.3 is 29.0 Å². The number of nitrogens with one attached hydrogen (secondary N) is 1. The second-order valence-electron chi connectivity index (χ2n) is 8.25. The minimum absolute atomic E-state index is 0.121. The van der Waals surface area contributed by atoms with Crippen LogP contribution in [0.3, 0.4) is 0 Å². The highest BCUT2D eigenvalue weighted by atomic mass is 35.5. The first-order valence-electron chi connectivity index (χ1n) is 11.9. The summed E-state index contributed by atoms with van der Waals surface area (Å²) in [5, 5.41) is 3.70. The van der Waals surface area contributed by atoms with E-state index in [0.29, 0.717) is 45.9 Å². The van der Waals surface area contributed by atoms with Crippen LogP contribution < -0.4 is 29.0 Å². The van der Waals surface area contributed by atoms with Crippen LogP contribution in [0.5, 0.6) is 29.0 Å². The van der Waals surface area contributed by atoms with Crippen LogP contribution in [0.15, 0.2) is 66.9 Å². The Bertz CT molecular complexity index is 1420. The highest BCUT2D eigenvalue weighted by Gasteiger charge is 2.22. The van der Waals surface area contributed by atoms with Gasteiger partial charge >= 0.3 is 6.01 Å². The first-order valence-corrected chi connectivity index (χ1v) is 12.3. The number of halogens is 1. The minimum atomic E-state index is -0.348. The van der Waals surface area contributed by atoms with Gasteiger partial charge in [0.25, 0.3) is 0 Å². The number of carbonyl (C=O) groups excluding carboxylic acids is 1. The summed E-state index contributed by atoms with van der Waals surface area (Å²) >= 11 is 6.29. The third-order valence-corrected chi connectivity index (χ3v) is 6.12. The van der Waals surface area contributed by atoms with Crippen molar-refractivity contribution in [1.29, 1.82) is 0 Å². The van der Waals surface area contributed by atoms with E-state index >= 15 is 0 Å². The fraction of sp³-hybridized carbons (Fsp3) is 0.207. The minimum Gasteiger partial charge on any atom is -0.495 e. The van der Waals surface area contributed by atoms with E-state index < -0.39 is 0 Å². The van der Waals surface area contributed by atoms with E-state index in [1.54, 1.807) is 31.4 Å². The number of hydrogen-bond donors (Lipinski definition) is 1. The van der Waals surface area contributed by atoms with Crippen molar-refractivity contribution in [1.82, 2.24) is 9.97 Å². The zero-order valence-electron chi connectivity index (χ0n) is 22.0. The lowest BCUT2D eigenvalue weighted by atomic mass is 10.0. The molecule has 0 amide bonds. The summed E-state index contributed by atoms with van der Waals surface area (Å²) < 4.78 is 27.3. The molecule has 1 heterocycles. The van der Waals surface area contributed by atoms with Gasteiger partial charge in [0.1, 0.15) is 18.2 Å². The lowest BCUT2D eigenvalue weighted by molar-refractivity contribution is 0.103. The predicted octanol–water partition coefficient (Wildman–Crippen LogP) is 5.59. The Kier molecular flexibility index (Phi) is 9.06. The number of methoxy groups -OCH3 is 4. The molecule has 0 fully saturated rings. The van der Waals surface area contributed by atoms with Gasteiger partial charge in [-0.05, 0) is 35.4 Å². The van der Waals surface area contributed by atoms with Crippen molar-refractivity contribution in [3.8, 4) is 29.0 Å². The number of aromatic nitrogens is 2. The highest BCUT2D eigenvalue weighted by Crippen LogP contribution is 2.39. The molecule has 0 aliphatic carbocycles. The summed E-state index contributed by atoms with van der Waals surface area (Å²) in [6, 6.07) is 18.4. The first kappa shape index (κ1) is 27.5. The molecule has 0 atom stereocenters. The summed E-state index contributed by atoms with van der Waals surface area (Å²) in [5.41, 5.74) is 2.36. The Balaban J connectivity index is 1.67. The molecule has 0 aliphatic rings. The van der Waals surface area contributed by atoms with Crippen molar-refractivity contribution in [2.24, 2.45) is 0 Å². The fourth-order valence-electron chi connectivity index (χ4n) is 3.83. The van der Waals surface area contributed by atoms with Crippen molar-refractivity contribution in [3.05, 3.63) is 94.1 Å². The summed E-state index contributed by atoms with van der Waals surface area (Å²) in [5.74, 6) is 1.60. The Hall–Kier alpha value is -4.50. The molecule has 0 saturated heterocycles. The van der Waals surface area contributed by atoms with E-state index in [9.17, 15) is 4.79 Å².